The molecule has 0 unspecified atom stereocenters. The summed E-state index contributed by atoms with van der Waals surface area (Å²) in [5.74, 6) is -2.37. The van der Waals surface area contributed by atoms with Gasteiger partial charge in [0.1, 0.15) is 23.4 Å². The molecule has 176 valence electrons. The van der Waals surface area contributed by atoms with Crippen LogP contribution in [0.25, 0.3) is 0 Å². The number of carbonyl (C=O) groups excluding carboxylic acids is 2. The maximum absolute atomic E-state index is 15.0. The highest BCUT2D eigenvalue weighted by Gasteiger charge is 2.34. The molecule has 3 aromatic carbocycles. The van der Waals surface area contributed by atoms with Crippen molar-refractivity contribution < 1.29 is 18.4 Å². The molecule has 6 nitrogen and oxygen atoms in total. The van der Waals surface area contributed by atoms with Crippen LogP contribution in [-0.4, -0.2) is 26.7 Å². The summed E-state index contributed by atoms with van der Waals surface area (Å²) in [6, 6.07) is 17.0. The van der Waals surface area contributed by atoms with Crippen molar-refractivity contribution in [2.24, 2.45) is 0 Å². The molecule has 0 radical (unpaired) electrons. The third kappa shape index (κ3) is 5.73. The normalized spacial score (nSPS) is 11.5. The second-order valence-corrected chi connectivity index (χ2v) is 7.93. The minimum atomic E-state index is -1.35. The molecular weight excluding hydrogens is 450 g/mol. The maximum atomic E-state index is 15.0. The van der Waals surface area contributed by atoms with Crippen LogP contribution in [0, 0.1) is 18.6 Å². The summed E-state index contributed by atoms with van der Waals surface area (Å²) in [5.41, 5.74) is 2.09. The first-order chi connectivity index (χ1) is 16.9. The van der Waals surface area contributed by atoms with E-state index in [2.05, 4.69) is 15.3 Å². The lowest BCUT2D eigenvalue weighted by Gasteiger charge is -2.31. The zero-order valence-electron chi connectivity index (χ0n) is 18.9. The Balaban J connectivity index is 1.79. The molecule has 1 aromatic heterocycles. The Bertz CT molecular complexity index is 1310. The van der Waals surface area contributed by atoms with Crippen molar-refractivity contribution >= 4 is 17.5 Å². The van der Waals surface area contributed by atoms with E-state index in [9.17, 15) is 14.0 Å². The van der Waals surface area contributed by atoms with Crippen LogP contribution in [0.2, 0.25) is 0 Å². The molecule has 1 heterocycles. The Kier molecular flexibility index (Phi) is 7.21. The largest absolute Gasteiger partial charge is 0.324 e. The summed E-state index contributed by atoms with van der Waals surface area (Å²) >= 11 is 0. The van der Waals surface area contributed by atoms with Crippen LogP contribution in [0.1, 0.15) is 33.2 Å². The van der Waals surface area contributed by atoms with Gasteiger partial charge in [-0.3, -0.25) is 14.6 Å². The summed E-state index contributed by atoms with van der Waals surface area (Å²) in [5, 5.41) is 2.67. The average Bonchev–Trinajstić information content (AvgIpc) is 2.87. The highest BCUT2D eigenvalue weighted by Crippen LogP contribution is 2.29. The molecule has 1 N–H and O–H groups in total. The number of amides is 2. The molecular formula is C27H22F2N4O2. The molecule has 35 heavy (non-hydrogen) atoms. The number of hydrogen-bond donors (Lipinski definition) is 1. The van der Waals surface area contributed by atoms with Crippen LogP contribution in [0.4, 0.5) is 14.5 Å². The van der Waals surface area contributed by atoms with Crippen molar-refractivity contribution in [3.05, 3.63) is 125 Å². The predicted molar refractivity (Wildman–Crippen MR) is 127 cm³/mol. The smallest absolute Gasteiger partial charge is 0.275 e. The molecule has 0 aliphatic rings. The van der Waals surface area contributed by atoms with Gasteiger partial charge in [-0.2, -0.15) is 0 Å². The molecule has 0 spiro atoms. The van der Waals surface area contributed by atoms with E-state index in [1.165, 1.54) is 66.0 Å². The minimum absolute atomic E-state index is 0.00548. The molecule has 1 atom stereocenters. The lowest BCUT2D eigenvalue weighted by Crippen LogP contribution is -2.41. The van der Waals surface area contributed by atoms with E-state index in [0.717, 1.165) is 11.1 Å². The summed E-state index contributed by atoms with van der Waals surface area (Å²) < 4.78 is 28.4. The zero-order chi connectivity index (χ0) is 24.8. The van der Waals surface area contributed by atoms with Gasteiger partial charge >= 0.3 is 0 Å². The van der Waals surface area contributed by atoms with Crippen molar-refractivity contribution in [1.82, 2.24) is 14.9 Å². The summed E-state index contributed by atoms with van der Waals surface area (Å²) in [7, 11) is 0. The Morgan fingerprint density at radius 3 is 2.31 bits per heavy atom. The number of aromatic nitrogens is 2. The van der Waals surface area contributed by atoms with Gasteiger partial charge in [-0.15, -0.1) is 0 Å². The predicted octanol–water partition coefficient (Wildman–Crippen LogP) is 5.09. The van der Waals surface area contributed by atoms with E-state index >= 15 is 4.39 Å². The Hall–Kier alpha value is -4.46. The first-order valence-electron chi connectivity index (χ1n) is 10.9. The number of hydrogen-bond acceptors (Lipinski definition) is 4. The number of halogens is 2. The standard InChI is InChI=1S/C27H22F2N4O2/c1-18-6-8-19(9-7-18)17-33(27(35)24-16-30-14-15-31-24)25(22-4-2-3-5-23(22)29)26(34)32-21-12-10-20(28)11-13-21/h2-16,25H,17H2,1H3,(H,32,34)/t25-/m1/s1. The number of nitrogens with one attached hydrogen (secondary N) is 1. The second-order valence-electron chi connectivity index (χ2n) is 7.93. The third-order valence-electron chi connectivity index (χ3n) is 5.39. The van der Waals surface area contributed by atoms with Gasteiger partial charge in [0.05, 0.1) is 6.20 Å². The number of anilines is 1. The van der Waals surface area contributed by atoms with E-state index in [1.807, 2.05) is 31.2 Å². The van der Waals surface area contributed by atoms with Gasteiger partial charge in [-0.25, -0.2) is 13.8 Å². The van der Waals surface area contributed by atoms with Crippen LogP contribution in [0.3, 0.4) is 0 Å². The van der Waals surface area contributed by atoms with Gasteiger partial charge in [-0.1, -0.05) is 48.0 Å². The topological polar surface area (TPSA) is 75.2 Å². The van der Waals surface area contributed by atoms with E-state index in [0.29, 0.717) is 5.69 Å². The van der Waals surface area contributed by atoms with E-state index < -0.39 is 29.5 Å². The molecule has 4 rings (SSSR count). The summed E-state index contributed by atoms with van der Waals surface area (Å²) in [6.45, 7) is 1.94. The van der Waals surface area contributed by atoms with Crippen molar-refractivity contribution in [2.75, 3.05) is 5.32 Å². The number of rotatable bonds is 7. The molecule has 0 aliphatic heterocycles. The van der Waals surface area contributed by atoms with Gasteiger partial charge in [0.2, 0.25) is 0 Å². The number of carbonyl (C=O) groups is 2. The van der Waals surface area contributed by atoms with E-state index in [1.54, 1.807) is 6.07 Å². The minimum Gasteiger partial charge on any atom is -0.324 e. The van der Waals surface area contributed by atoms with Gasteiger partial charge in [-0.05, 0) is 42.8 Å². The van der Waals surface area contributed by atoms with E-state index in [4.69, 9.17) is 0 Å². The van der Waals surface area contributed by atoms with Gasteiger partial charge in [0.25, 0.3) is 11.8 Å². The second kappa shape index (κ2) is 10.6. The van der Waals surface area contributed by atoms with Crippen molar-refractivity contribution in [3.63, 3.8) is 0 Å². The lowest BCUT2D eigenvalue weighted by atomic mass is 10.0. The fourth-order valence-corrected chi connectivity index (χ4v) is 3.62. The monoisotopic (exact) mass is 472 g/mol. The van der Waals surface area contributed by atoms with Crippen LogP contribution in [0.5, 0.6) is 0 Å². The fourth-order valence-electron chi connectivity index (χ4n) is 3.62. The number of nitrogens with zero attached hydrogens (tertiary/aromatic N) is 3. The zero-order valence-corrected chi connectivity index (χ0v) is 18.9. The SMILES string of the molecule is Cc1ccc(CN(C(=O)c2cnccn2)[C@@H](C(=O)Nc2ccc(F)cc2)c2ccccc2F)cc1. The van der Waals surface area contributed by atoms with E-state index in [-0.39, 0.29) is 17.8 Å². The van der Waals surface area contributed by atoms with Crippen LogP contribution < -0.4 is 5.32 Å². The highest BCUT2D eigenvalue weighted by molar-refractivity contribution is 6.00. The Morgan fingerprint density at radius 2 is 1.66 bits per heavy atom. The number of benzene rings is 3. The van der Waals surface area contributed by atoms with Gasteiger partial charge in [0.15, 0.2) is 0 Å². The quantitative estimate of drug-likeness (QED) is 0.407. The first kappa shape index (κ1) is 23.7. The molecule has 2 amide bonds. The molecule has 0 aliphatic carbocycles. The lowest BCUT2D eigenvalue weighted by molar-refractivity contribution is -0.121. The average molecular weight is 472 g/mol. The molecule has 8 heteroatoms. The molecule has 4 aromatic rings. The fraction of sp³-hybridized carbons (Fsp3) is 0.111. The molecule has 0 bridgehead atoms. The Morgan fingerprint density at radius 1 is 0.943 bits per heavy atom. The maximum Gasteiger partial charge on any atom is 0.275 e. The van der Waals surface area contributed by atoms with Gasteiger partial charge < -0.3 is 10.2 Å². The summed E-state index contributed by atoms with van der Waals surface area (Å²) in [6.07, 6.45) is 4.09. The van der Waals surface area contributed by atoms with Crippen LogP contribution in [0.15, 0.2) is 91.4 Å². The molecule has 0 saturated heterocycles. The van der Waals surface area contributed by atoms with Crippen molar-refractivity contribution in [2.45, 2.75) is 19.5 Å². The highest BCUT2D eigenvalue weighted by atomic mass is 19.1. The van der Waals surface area contributed by atoms with Crippen molar-refractivity contribution in [3.8, 4) is 0 Å². The van der Waals surface area contributed by atoms with Crippen LogP contribution >= 0.6 is 0 Å². The van der Waals surface area contributed by atoms with Gasteiger partial charge in [0, 0.05) is 30.2 Å². The molecule has 0 fully saturated rings. The summed E-state index contributed by atoms with van der Waals surface area (Å²) in [4.78, 5) is 36.5. The van der Waals surface area contributed by atoms with Crippen LogP contribution in [-0.2, 0) is 11.3 Å². The number of aryl methyl sites for hydroxylation is 1. The first-order valence-corrected chi connectivity index (χ1v) is 10.9. The Labute approximate surface area is 201 Å². The van der Waals surface area contributed by atoms with Crippen molar-refractivity contribution in [1.29, 1.82) is 0 Å². The molecule has 0 saturated carbocycles. The third-order valence-corrected chi connectivity index (χ3v) is 5.39.